The summed E-state index contributed by atoms with van der Waals surface area (Å²) in [6.07, 6.45) is 0.766. The number of piperazine rings is 1. The highest BCUT2D eigenvalue weighted by molar-refractivity contribution is 6.10. The number of nitrogens with zero attached hydrogens (tertiary/aromatic N) is 2. The lowest BCUT2D eigenvalue weighted by Crippen LogP contribution is -2.54. The molecule has 0 aromatic heterocycles. The number of carbonyl (C=O) groups is 4. The predicted molar refractivity (Wildman–Crippen MR) is 97.4 cm³/mol. The van der Waals surface area contributed by atoms with Gasteiger partial charge in [-0.05, 0) is 32.0 Å². The Kier molecular flexibility index (Phi) is 5.97. The molecule has 0 atom stereocenters. The van der Waals surface area contributed by atoms with Crippen LogP contribution in [0, 0.1) is 5.41 Å². The highest BCUT2D eigenvalue weighted by Gasteiger charge is 2.40. The molecule has 4 amide bonds. The number of nitrogens with one attached hydrogen (secondary N) is 2. The predicted octanol–water partition coefficient (Wildman–Crippen LogP) is 0.910. The quantitative estimate of drug-likeness (QED) is 0.602. The van der Waals surface area contributed by atoms with Crippen molar-refractivity contribution in [2.45, 2.75) is 20.8 Å². The van der Waals surface area contributed by atoms with Gasteiger partial charge in [-0.2, -0.15) is 0 Å². The molecule has 8 heteroatoms. The smallest absolute Gasteiger partial charge is 0.239 e. The molecule has 0 bridgehead atoms. The molecule has 1 aliphatic heterocycles. The van der Waals surface area contributed by atoms with Gasteiger partial charge in [0.05, 0.1) is 0 Å². The highest BCUT2D eigenvalue weighted by Crippen LogP contribution is 2.24. The monoisotopic (exact) mass is 360 g/mol. The van der Waals surface area contributed by atoms with Crippen LogP contribution in [-0.2, 0) is 19.2 Å². The zero-order chi connectivity index (χ0) is 19.3. The number of rotatable bonds is 5. The van der Waals surface area contributed by atoms with E-state index in [1.165, 1.54) is 6.92 Å². The maximum Gasteiger partial charge on any atom is 0.239 e. The topological polar surface area (TPSA) is 98.8 Å². The average molecular weight is 360 g/mol. The molecule has 1 aliphatic rings. The van der Waals surface area contributed by atoms with Gasteiger partial charge in [0.15, 0.2) is 0 Å². The number of anilines is 2. The van der Waals surface area contributed by atoms with Crippen molar-refractivity contribution in [1.29, 1.82) is 0 Å². The standard InChI is InChI=1S/C18H24N4O4/c1-13(24)19-14-5-4-6-15(11-14)20-16(25)18(2,3)17(26)22-9-7-21(12-23)8-10-22/h4-6,11-12H,7-10H2,1-3H3,(H,19,24)(H,20,25). The van der Waals surface area contributed by atoms with E-state index in [0.29, 0.717) is 37.6 Å². The molecular formula is C18H24N4O4. The van der Waals surface area contributed by atoms with Crippen LogP contribution < -0.4 is 10.6 Å². The van der Waals surface area contributed by atoms with E-state index in [-0.39, 0.29) is 11.8 Å². The van der Waals surface area contributed by atoms with Crippen molar-refractivity contribution in [3.8, 4) is 0 Å². The number of amides is 4. The second-order valence-corrected chi connectivity index (χ2v) is 6.77. The van der Waals surface area contributed by atoms with Gasteiger partial charge in [-0.15, -0.1) is 0 Å². The van der Waals surface area contributed by atoms with Gasteiger partial charge >= 0.3 is 0 Å². The zero-order valence-electron chi connectivity index (χ0n) is 15.2. The molecule has 2 rings (SSSR count). The Morgan fingerprint density at radius 1 is 1.04 bits per heavy atom. The van der Waals surface area contributed by atoms with Crippen LogP contribution in [-0.4, -0.2) is 60.1 Å². The van der Waals surface area contributed by atoms with Crippen LogP contribution in [0.2, 0.25) is 0 Å². The molecular weight excluding hydrogens is 336 g/mol. The third-order valence-corrected chi connectivity index (χ3v) is 4.29. The molecule has 26 heavy (non-hydrogen) atoms. The Hall–Kier alpha value is -2.90. The summed E-state index contributed by atoms with van der Waals surface area (Å²) in [6.45, 7) is 6.30. The van der Waals surface area contributed by atoms with E-state index in [0.717, 1.165) is 6.41 Å². The molecule has 0 aliphatic carbocycles. The minimum absolute atomic E-state index is 0.210. The first kappa shape index (κ1) is 19.4. The van der Waals surface area contributed by atoms with Crippen LogP contribution in [0.5, 0.6) is 0 Å². The Balaban J connectivity index is 2.04. The van der Waals surface area contributed by atoms with Gasteiger partial charge < -0.3 is 20.4 Å². The Bertz CT molecular complexity index is 709. The van der Waals surface area contributed by atoms with Crippen LogP contribution in [0.1, 0.15) is 20.8 Å². The van der Waals surface area contributed by atoms with Crippen molar-refractivity contribution < 1.29 is 19.2 Å². The van der Waals surface area contributed by atoms with Gasteiger partial charge in [-0.25, -0.2) is 0 Å². The molecule has 140 valence electrons. The van der Waals surface area contributed by atoms with E-state index >= 15 is 0 Å². The average Bonchev–Trinajstić information content (AvgIpc) is 2.60. The van der Waals surface area contributed by atoms with E-state index < -0.39 is 11.3 Å². The minimum atomic E-state index is -1.26. The summed E-state index contributed by atoms with van der Waals surface area (Å²) in [4.78, 5) is 50.5. The maximum atomic E-state index is 12.8. The van der Waals surface area contributed by atoms with Crippen molar-refractivity contribution in [3.05, 3.63) is 24.3 Å². The van der Waals surface area contributed by atoms with Crippen LogP contribution in [0.25, 0.3) is 0 Å². The van der Waals surface area contributed by atoms with Crippen LogP contribution in [0.4, 0.5) is 11.4 Å². The molecule has 0 spiro atoms. The fourth-order valence-corrected chi connectivity index (χ4v) is 2.69. The van der Waals surface area contributed by atoms with Crippen molar-refractivity contribution in [1.82, 2.24) is 9.80 Å². The molecule has 2 N–H and O–H groups in total. The molecule has 8 nitrogen and oxygen atoms in total. The first-order chi connectivity index (χ1) is 12.2. The fourth-order valence-electron chi connectivity index (χ4n) is 2.69. The van der Waals surface area contributed by atoms with Gasteiger partial charge in [0.2, 0.25) is 24.1 Å². The number of benzene rings is 1. The minimum Gasteiger partial charge on any atom is -0.342 e. The third-order valence-electron chi connectivity index (χ3n) is 4.29. The van der Waals surface area contributed by atoms with Gasteiger partial charge in [0.25, 0.3) is 0 Å². The molecule has 1 heterocycles. The number of carbonyl (C=O) groups excluding carboxylic acids is 4. The molecule has 1 saturated heterocycles. The first-order valence-electron chi connectivity index (χ1n) is 8.42. The summed E-state index contributed by atoms with van der Waals surface area (Å²) in [5.74, 6) is -0.919. The lowest BCUT2D eigenvalue weighted by molar-refractivity contribution is -0.148. The summed E-state index contributed by atoms with van der Waals surface area (Å²) >= 11 is 0. The van der Waals surface area contributed by atoms with Crippen molar-refractivity contribution in [2.75, 3.05) is 36.8 Å². The molecule has 0 unspecified atom stereocenters. The Morgan fingerprint density at radius 2 is 1.62 bits per heavy atom. The third kappa shape index (κ3) is 4.59. The van der Waals surface area contributed by atoms with E-state index in [1.807, 2.05) is 0 Å². The lowest BCUT2D eigenvalue weighted by Gasteiger charge is -2.36. The fraction of sp³-hybridized carbons (Fsp3) is 0.444. The largest absolute Gasteiger partial charge is 0.342 e. The summed E-state index contributed by atoms with van der Waals surface area (Å²) in [7, 11) is 0. The first-order valence-corrected chi connectivity index (χ1v) is 8.42. The van der Waals surface area contributed by atoms with Crippen molar-refractivity contribution >= 4 is 35.5 Å². The number of hydrogen-bond donors (Lipinski definition) is 2. The van der Waals surface area contributed by atoms with E-state index in [1.54, 1.807) is 47.9 Å². The highest BCUT2D eigenvalue weighted by atomic mass is 16.2. The van der Waals surface area contributed by atoms with Crippen LogP contribution in [0.15, 0.2) is 24.3 Å². The Labute approximate surface area is 152 Å². The second kappa shape index (κ2) is 7.99. The summed E-state index contributed by atoms with van der Waals surface area (Å²) < 4.78 is 0. The molecule has 0 radical (unpaired) electrons. The molecule has 1 aromatic carbocycles. The normalized spacial score (nSPS) is 14.6. The van der Waals surface area contributed by atoms with Crippen molar-refractivity contribution in [2.24, 2.45) is 5.41 Å². The van der Waals surface area contributed by atoms with Crippen LogP contribution >= 0.6 is 0 Å². The second-order valence-electron chi connectivity index (χ2n) is 6.77. The van der Waals surface area contributed by atoms with Gasteiger partial charge in [0.1, 0.15) is 5.41 Å². The van der Waals surface area contributed by atoms with Gasteiger partial charge in [-0.3, -0.25) is 19.2 Å². The zero-order valence-corrected chi connectivity index (χ0v) is 15.2. The number of hydrogen-bond acceptors (Lipinski definition) is 4. The summed E-state index contributed by atoms with van der Waals surface area (Å²) in [5, 5.41) is 5.37. The van der Waals surface area contributed by atoms with E-state index in [4.69, 9.17) is 0 Å². The van der Waals surface area contributed by atoms with Crippen molar-refractivity contribution in [3.63, 3.8) is 0 Å². The van der Waals surface area contributed by atoms with Gasteiger partial charge in [-0.1, -0.05) is 6.07 Å². The Morgan fingerprint density at radius 3 is 2.15 bits per heavy atom. The van der Waals surface area contributed by atoms with E-state index in [9.17, 15) is 19.2 Å². The van der Waals surface area contributed by atoms with Crippen LogP contribution in [0.3, 0.4) is 0 Å². The van der Waals surface area contributed by atoms with Gasteiger partial charge in [0, 0.05) is 44.5 Å². The molecule has 0 saturated carbocycles. The lowest BCUT2D eigenvalue weighted by atomic mass is 9.89. The molecule has 1 fully saturated rings. The summed E-state index contributed by atoms with van der Waals surface area (Å²) in [5.41, 5.74) is -0.204. The summed E-state index contributed by atoms with van der Waals surface area (Å²) in [6, 6.07) is 6.73. The van der Waals surface area contributed by atoms with E-state index in [2.05, 4.69) is 10.6 Å². The SMILES string of the molecule is CC(=O)Nc1cccc(NC(=O)C(C)(C)C(=O)N2CCN(C=O)CC2)c1. The maximum absolute atomic E-state index is 12.8. The molecule has 1 aromatic rings.